The molecule has 2 aromatic rings. The topological polar surface area (TPSA) is 64.6 Å². The molecule has 3 rings (SSSR count). The molecule has 6 nitrogen and oxygen atoms in total. The fourth-order valence-corrected chi connectivity index (χ4v) is 4.34. The first-order valence-electron chi connectivity index (χ1n) is 7.97. The normalized spacial score (nSPS) is 17.5. The van der Waals surface area contributed by atoms with Gasteiger partial charge in [-0.15, -0.1) is 21.5 Å². The maximum absolute atomic E-state index is 10.3. The number of rotatable bonds is 7. The van der Waals surface area contributed by atoms with Crippen molar-refractivity contribution in [1.82, 2.24) is 14.8 Å². The van der Waals surface area contributed by atoms with E-state index in [-0.39, 0.29) is 6.10 Å². The predicted molar refractivity (Wildman–Crippen MR) is 92.1 cm³/mol. The van der Waals surface area contributed by atoms with Crippen LogP contribution in [0.2, 0.25) is 0 Å². The number of hydrogen-bond donors (Lipinski definition) is 2. The Bertz CT molecular complexity index is 597. The van der Waals surface area contributed by atoms with Crippen molar-refractivity contribution < 1.29 is 14.7 Å². The first-order chi connectivity index (χ1) is 11.3. The minimum absolute atomic E-state index is 0.333. The molecular formula is C15H23N4O2S2+. The molecule has 1 aliphatic heterocycles. The van der Waals surface area contributed by atoms with Crippen LogP contribution in [0, 0.1) is 0 Å². The van der Waals surface area contributed by atoms with Crippen molar-refractivity contribution >= 4 is 23.1 Å². The summed E-state index contributed by atoms with van der Waals surface area (Å²) in [5.74, 6) is 1.56. The van der Waals surface area contributed by atoms with Gasteiger partial charge in [-0.2, -0.15) is 0 Å². The smallest absolute Gasteiger partial charge is 0.191 e. The van der Waals surface area contributed by atoms with Crippen LogP contribution < -0.4 is 4.90 Å². The number of aliphatic hydroxyl groups is 1. The van der Waals surface area contributed by atoms with E-state index in [1.54, 1.807) is 23.1 Å². The molecule has 2 aromatic heterocycles. The molecule has 0 bridgehead atoms. The summed E-state index contributed by atoms with van der Waals surface area (Å²) in [7, 11) is 0. The molecule has 0 unspecified atom stereocenters. The maximum Gasteiger partial charge on any atom is 0.191 e. The lowest BCUT2D eigenvalue weighted by molar-refractivity contribution is -0.910. The summed E-state index contributed by atoms with van der Waals surface area (Å²) in [6, 6.07) is 4.09. The number of quaternary nitrogens is 1. The SMILES string of the molecule is CCn1c(SC[C@@H](O)C[NH+]2CCOCC2)nnc1-c1cccs1. The van der Waals surface area contributed by atoms with Gasteiger partial charge in [-0.3, -0.25) is 0 Å². The average Bonchev–Trinajstić information content (AvgIpc) is 3.22. The van der Waals surface area contributed by atoms with Crippen molar-refractivity contribution in [3.05, 3.63) is 17.5 Å². The molecule has 0 aromatic carbocycles. The Hall–Kier alpha value is -0.930. The molecule has 0 amide bonds. The zero-order valence-electron chi connectivity index (χ0n) is 13.3. The molecule has 1 aliphatic rings. The highest BCUT2D eigenvalue weighted by Gasteiger charge is 2.20. The molecule has 1 fully saturated rings. The van der Waals surface area contributed by atoms with E-state index in [9.17, 15) is 5.11 Å². The Labute approximate surface area is 144 Å². The monoisotopic (exact) mass is 355 g/mol. The third-order valence-corrected chi connectivity index (χ3v) is 5.88. The fourth-order valence-electron chi connectivity index (χ4n) is 2.70. The van der Waals surface area contributed by atoms with Crippen LogP contribution in [0.4, 0.5) is 0 Å². The Morgan fingerprint density at radius 3 is 2.96 bits per heavy atom. The molecule has 1 saturated heterocycles. The highest BCUT2D eigenvalue weighted by atomic mass is 32.2. The summed E-state index contributed by atoms with van der Waals surface area (Å²) >= 11 is 3.26. The molecular weight excluding hydrogens is 332 g/mol. The Balaban J connectivity index is 1.57. The first-order valence-corrected chi connectivity index (χ1v) is 9.83. The Kier molecular flexibility index (Phi) is 6.07. The third kappa shape index (κ3) is 4.33. The molecule has 0 saturated carbocycles. The number of thiophene rings is 1. The second kappa shape index (κ2) is 8.25. The van der Waals surface area contributed by atoms with Gasteiger partial charge < -0.3 is 19.3 Å². The number of aliphatic hydroxyl groups excluding tert-OH is 1. The van der Waals surface area contributed by atoms with Crippen LogP contribution in [0.5, 0.6) is 0 Å². The molecule has 2 N–H and O–H groups in total. The quantitative estimate of drug-likeness (QED) is 0.704. The third-order valence-electron chi connectivity index (χ3n) is 3.90. The van der Waals surface area contributed by atoms with Gasteiger partial charge >= 0.3 is 0 Å². The zero-order valence-corrected chi connectivity index (χ0v) is 14.9. The van der Waals surface area contributed by atoms with E-state index in [4.69, 9.17) is 4.74 Å². The van der Waals surface area contributed by atoms with Gasteiger partial charge in [0.05, 0.1) is 18.1 Å². The maximum atomic E-state index is 10.3. The lowest BCUT2D eigenvalue weighted by Crippen LogP contribution is -3.15. The average molecular weight is 356 g/mol. The van der Waals surface area contributed by atoms with Crippen LogP contribution in [0.25, 0.3) is 10.7 Å². The first kappa shape index (κ1) is 16.9. The summed E-state index contributed by atoms with van der Waals surface area (Å²) in [4.78, 5) is 2.55. The second-order valence-electron chi connectivity index (χ2n) is 5.56. The molecule has 23 heavy (non-hydrogen) atoms. The van der Waals surface area contributed by atoms with E-state index < -0.39 is 0 Å². The van der Waals surface area contributed by atoms with Crippen LogP contribution >= 0.6 is 23.1 Å². The van der Waals surface area contributed by atoms with E-state index in [0.717, 1.165) is 55.3 Å². The molecule has 0 spiro atoms. The second-order valence-corrected chi connectivity index (χ2v) is 7.49. The molecule has 0 radical (unpaired) electrons. The molecule has 126 valence electrons. The van der Waals surface area contributed by atoms with E-state index >= 15 is 0 Å². The number of nitrogens with one attached hydrogen (secondary N) is 1. The van der Waals surface area contributed by atoms with Crippen LogP contribution in [-0.2, 0) is 11.3 Å². The van der Waals surface area contributed by atoms with Crippen molar-refractivity contribution in [3.63, 3.8) is 0 Å². The molecule has 1 atom stereocenters. The van der Waals surface area contributed by atoms with Crippen molar-refractivity contribution in [2.24, 2.45) is 0 Å². The summed E-state index contributed by atoms with van der Waals surface area (Å²) in [6.45, 7) is 7.25. The van der Waals surface area contributed by atoms with Gasteiger partial charge in [-0.1, -0.05) is 17.8 Å². The Morgan fingerprint density at radius 2 is 2.26 bits per heavy atom. The number of hydrogen-bond acceptors (Lipinski definition) is 6. The lowest BCUT2D eigenvalue weighted by Gasteiger charge is -2.25. The predicted octanol–water partition coefficient (Wildman–Crippen LogP) is 0.395. The Morgan fingerprint density at radius 1 is 1.43 bits per heavy atom. The van der Waals surface area contributed by atoms with Crippen LogP contribution in [0.3, 0.4) is 0 Å². The van der Waals surface area contributed by atoms with Crippen LogP contribution in [0.1, 0.15) is 6.92 Å². The van der Waals surface area contributed by atoms with Gasteiger partial charge in [0.25, 0.3) is 0 Å². The molecule has 8 heteroatoms. The van der Waals surface area contributed by atoms with Gasteiger partial charge in [0.1, 0.15) is 25.7 Å². The van der Waals surface area contributed by atoms with E-state index in [1.807, 2.05) is 11.4 Å². The van der Waals surface area contributed by atoms with E-state index in [2.05, 4.69) is 27.8 Å². The van der Waals surface area contributed by atoms with Gasteiger partial charge in [-0.25, -0.2) is 0 Å². The number of morpholine rings is 1. The van der Waals surface area contributed by atoms with E-state index in [1.165, 1.54) is 4.90 Å². The summed E-state index contributed by atoms with van der Waals surface area (Å²) in [5.41, 5.74) is 0. The number of thioether (sulfide) groups is 1. The highest BCUT2D eigenvalue weighted by molar-refractivity contribution is 7.99. The minimum Gasteiger partial charge on any atom is -0.386 e. The molecule has 3 heterocycles. The summed E-state index contributed by atoms with van der Waals surface area (Å²) in [5, 5.41) is 21.8. The van der Waals surface area contributed by atoms with Crippen molar-refractivity contribution in [3.8, 4) is 10.7 Å². The largest absolute Gasteiger partial charge is 0.386 e. The lowest BCUT2D eigenvalue weighted by atomic mass is 10.3. The summed E-state index contributed by atoms with van der Waals surface area (Å²) in [6.07, 6.45) is -0.333. The zero-order chi connectivity index (χ0) is 16.1. The highest BCUT2D eigenvalue weighted by Crippen LogP contribution is 2.27. The van der Waals surface area contributed by atoms with Crippen molar-refractivity contribution in [1.29, 1.82) is 0 Å². The van der Waals surface area contributed by atoms with Crippen molar-refractivity contribution in [2.75, 3.05) is 38.6 Å². The number of aromatic nitrogens is 3. The van der Waals surface area contributed by atoms with E-state index in [0.29, 0.717) is 5.75 Å². The summed E-state index contributed by atoms with van der Waals surface area (Å²) < 4.78 is 7.47. The van der Waals surface area contributed by atoms with Crippen LogP contribution in [-0.4, -0.2) is 64.6 Å². The van der Waals surface area contributed by atoms with Gasteiger partial charge in [0, 0.05) is 12.3 Å². The molecule has 0 aliphatic carbocycles. The van der Waals surface area contributed by atoms with Crippen molar-refractivity contribution in [2.45, 2.75) is 24.7 Å². The van der Waals surface area contributed by atoms with Gasteiger partial charge in [-0.05, 0) is 18.4 Å². The fraction of sp³-hybridized carbons (Fsp3) is 0.600. The minimum atomic E-state index is -0.333. The van der Waals surface area contributed by atoms with Crippen LogP contribution in [0.15, 0.2) is 22.7 Å². The number of ether oxygens (including phenoxy) is 1. The number of nitrogens with zero attached hydrogens (tertiary/aromatic N) is 3. The van der Waals surface area contributed by atoms with Gasteiger partial charge in [0.2, 0.25) is 0 Å². The van der Waals surface area contributed by atoms with Gasteiger partial charge in [0.15, 0.2) is 11.0 Å². The standard InChI is InChI=1S/C15H22N4O2S2/c1-2-19-14(13-4-3-9-22-13)16-17-15(19)23-11-12(20)10-18-5-7-21-8-6-18/h3-4,9,12,20H,2,5-8,10-11H2,1H3/p+1/t12-/m0/s1.